The van der Waals surface area contributed by atoms with Crippen LogP contribution in [-0.2, 0) is 14.9 Å². The van der Waals surface area contributed by atoms with Gasteiger partial charge in [-0.25, -0.2) is 0 Å². The van der Waals surface area contributed by atoms with Crippen molar-refractivity contribution < 1.29 is 14.3 Å². The molecule has 1 heterocycles. The van der Waals surface area contributed by atoms with E-state index in [1.807, 2.05) is 6.92 Å². The van der Waals surface area contributed by atoms with E-state index in [4.69, 9.17) is 9.47 Å². The standard InChI is InChI=1S/C18H26O3/c1-6-20-17(19)13-8-7-9-21-16-14(13)10-12(2)11-15(16)18(3,4)5/h10-11,13H,6-9H2,1-5H3. The molecule has 1 unspecified atom stereocenters. The maximum Gasteiger partial charge on any atom is 0.313 e. The van der Waals surface area contributed by atoms with Crippen LogP contribution in [0.5, 0.6) is 5.75 Å². The van der Waals surface area contributed by atoms with E-state index < -0.39 is 0 Å². The SMILES string of the molecule is CCOC(=O)C1CCCOc2c1cc(C)cc2C(C)(C)C. The summed E-state index contributed by atoms with van der Waals surface area (Å²) in [6, 6.07) is 4.25. The summed E-state index contributed by atoms with van der Waals surface area (Å²) in [5.41, 5.74) is 3.32. The first kappa shape index (κ1) is 15.9. The van der Waals surface area contributed by atoms with Crippen LogP contribution in [0.3, 0.4) is 0 Å². The fraction of sp³-hybridized carbons (Fsp3) is 0.611. The van der Waals surface area contributed by atoms with Gasteiger partial charge in [0.2, 0.25) is 0 Å². The Morgan fingerprint density at radius 1 is 1.38 bits per heavy atom. The summed E-state index contributed by atoms with van der Waals surface area (Å²) in [5.74, 6) is 0.557. The maximum absolute atomic E-state index is 12.3. The zero-order chi connectivity index (χ0) is 15.6. The Hall–Kier alpha value is -1.51. The predicted molar refractivity (Wildman–Crippen MR) is 84.0 cm³/mol. The van der Waals surface area contributed by atoms with Gasteiger partial charge in [-0.2, -0.15) is 0 Å². The van der Waals surface area contributed by atoms with E-state index in [1.54, 1.807) is 0 Å². The van der Waals surface area contributed by atoms with Crippen LogP contribution in [0, 0.1) is 6.92 Å². The molecule has 3 heteroatoms. The minimum absolute atomic E-state index is 0.0142. The lowest BCUT2D eigenvalue weighted by molar-refractivity contribution is -0.145. The molecule has 0 spiro atoms. The molecule has 2 rings (SSSR count). The van der Waals surface area contributed by atoms with Crippen molar-refractivity contribution in [2.45, 2.75) is 58.8 Å². The van der Waals surface area contributed by atoms with Crippen LogP contribution in [0.2, 0.25) is 0 Å². The Morgan fingerprint density at radius 2 is 2.10 bits per heavy atom. The first-order valence-electron chi connectivity index (χ1n) is 7.79. The van der Waals surface area contributed by atoms with E-state index >= 15 is 0 Å². The Morgan fingerprint density at radius 3 is 2.71 bits per heavy atom. The molecule has 0 aromatic heterocycles. The number of carbonyl (C=O) groups is 1. The van der Waals surface area contributed by atoms with Gasteiger partial charge in [-0.05, 0) is 32.1 Å². The summed E-state index contributed by atoms with van der Waals surface area (Å²) >= 11 is 0. The fourth-order valence-corrected chi connectivity index (χ4v) is 2.88. The third-order valence-corrected chi connectivity index (χ3v) is 3.90. The second kappa shape index (κ2) is 6.08. The molecule has 116 valence electrons. The number of rotatable bonds is 2. The molecule has 1 aliphatic heterocycles. The van der Waals surface area contributed by atoms with Crippen molar-refractivity contribution in [2.75, 3.05) is 13.2 Å². The Balaban J connectivity index is 2.56. The lowest BCUT2D eigenvalue weighted by Gasteiger charge is -2.26. The zero-order valence-electron chi connectivity index (χ0n) is 13.8. The zero-order valence-corrected chi connectivity index (χ0v) is 13.8. The number of hydrogen-bond donors (Lipinski definition) is 0. The largest absolute Gasteiger partial charge is 0.493 e. The van der Waals surface area contributed by atoms with E-state index in [2.05, 4.69) is 39.8 Å². The number of carbonyl (C=O) groups excluding carboxylic acids is 1. The molecule has 0 saturated heterocycles. The molecule has 0 aliphatic carbocycles. The Labute approximate surface area is 127 Å². The van der Waals surface area contributed by atoms with Crippen LogP contribution in [0.1, 0.15) is 63.1 Å². The number of ether oxygens (including phenoxy) is 2. The molecule has 0 fully saturated rings. The van der Waals surface area contributed by atoms with E-state index in [0.29, 0.717) is 13.2 Å². The minimum atomic E-state index is -0.205. The third-order valence-electron chi connectivity index (χ3n) is 3.90. The highest BCUT2D eigenvalue weighted by Crippen LogP contribution is 2.41. The molecule has 0 bridgehead atoms. The molecule has 1 aromatic rings. The molecule has 21 heavy (non-hydrogen) atoms. The van der Waals surface area contributed by atoms with Crippen LogP contribution < -0.4 is 4.74 Å². The highest BCUT2D eigenvalue weighted by Gasteiger charge is 2.31. The summed E-state index contributed by atoms with van der Waals surface area (Å²) in [6.07, 6.45) is 1.67. The first-order valence-corrected chi connectivity index (χ1v) is 7.79. The topological polar surface area (TPSA) is 35.5 Å². The molecule has 1 aromatic carbocycles. The van der Waals surface area contributed by atoms with Gasteiger partial charge in [0.1, 0.15) is 5.75 Å². The molecule has 0 N–H and O–H groups in total. The highest BCUT2D eigenvalue weighted by molar-refractivity contribution is 5.80. The normalized spacial score (nSPS) is 18.4. The summed E-state index contributed by atoms with van der Waals surface area (Å²) in [6.45, 7) is 11.5. The molecule has 1 aliphatic rings. The Bertz CT molecular complexity index is 526. The molecular weight excluding hydrogens is 264 g/mol. The van der Waals surface area contributed by atoms with Gasteiger partial charge in [0, 0.05) is 11.1 Å². The average molecular weight is 290 g/mol. The molecule has 0 amide bonds. The quantitative estimate of drug-likeness (QED) is 0.769. The second-order valence-electron chi connectivity index (χ2n) is 6.78. The van der Waals surface area contributed by atoms with Crippen molar-refractivity contribution in [3.63, 3.8) is 0 Å². The van der Waals surface area contributed by atoms with Crippen LogP contribution in [0.25, 0.3) is 0 Å². The van der Waals surface area contributed by atoms with Gasteiger partial charge in [-0.3, -0.25) is 4.79 Å². The number of esters is 1. The summed E-state index contributed by atoms with van der Waals surface area (Å²) in [5, 5.41) is 0. The van der Waals surface area contributed by atoms with Gasteiger partial charge < -0.3 is 9.47 Å². The summed E-state index contributed by atoms with van der Waals surface area (Å²) in [4.78, 5) is 12.3. The van der Waals surface area contributed by atoms with Crippen molar-refractivity contribution in [3.8, 4) is 5.75 Å². The monoisotopic (exact) mass is 290 g/mol. The van der Waals surface area contributed by atoms with Crippen molar-refractivity contribution in [1.82, 2.24) is 0 Å². The number of benzene rings is 1. The first-order chi connectivity index (χ1) is 9.84. The van der Waals surface area contributed by atoms with Crippen molar-refractivity contribution >= 4 is 5.97 Å². The summed E-state index contributed by atoms with van der Waals surface area (Å²) < 4.78 is 11.3. The molecular formula is C18H26O3. The van der Waals surface area contributed by atoms with Gasteiger partial charge in [-0.15, -0.1) is 0 Å². The lowest BCUT2D eigenvalue weighted by atomic mass is 9.81. The number of aryl methyl sites for hydroxylation is 1. The number of hydrogen-bond acceptors (Lipinski definition) is 3. The Kier molecular flexibility index (Phi) is 4.60. The van der Waals surface area contributed by atoms with E-state index in [1.165, 1.54) is 11.1 Å². The van der Waals surface area contributed by atoms with Gasteiger partial charge in [0.05, 0.1) is 19.1 Å². The van der Waals surface area contributed by atoms with Gasteiger partial charge in [0.25, 0.3) is 0 Å². The molecule has 1 atom stereocenters. The number of fused-ring (bicyclic) bond motifs is 1. The second-order valence-corrected chi connectivity index (χ2v) is 6.78. The van der Waals surface area contributed by atoms with Gasteiger partial charge >= 0.3 is 5.97 Å². The van der Waals surface area contributed by atoms with E-state index in [9.17, 15) is 4.79 Å². The minimum Gasteiger partial charge on any atom is -0.493 e. The lowest BCUT2D eigenvalue weighted by Crippen LogP contribution is -2.18. The van der Waals surface area contributed by atoms with Crippen molar-refractivity contribution in [3.05, 3.63) is 28.8 Å². The van der Waals surface area contributed by atoms with E-state index in [-0.39, 0.29) is 17.3 Å². The van der Waals surface area contributed by atoms with Crippen LogP contribution in [-0.4, -0.2) is 19.2 Å². The van der Waals surface area contributed by atoms with E-state index in [0.717, 1.165) is 24.2 Å². The molecule has 0 radical (unpaired) electrons. The van der Waals surface area contributed by atoms with Crippen molar-refractivity contribution in [1.29, 1.82) is 0 Å². The predicted octanol–water partition coefficient (Wildman–Crippen LogP) is 4.11. The smallest absolute Gasteiger partial charge is 0.313 e. The highest BCUT2D eigenvalue weighted by atomic mass is 16.5. The van der Waals surface area contributed by atoms with Crippen LogP contribution >= 0.6 is 0 Å². The maximum atomic E-state index is 12.3. The third kappa shape index (κ3) is 3.39. The molecule has 3 nitrogen and oxygen atoms in total. The molecule has 0 saturated carbocycles. The van der Waals surface area contributed by atoms with Crippen LogP contribution in [0.15, 0.2) is 12.1 Å². The van der Waals surface area contributed by atoms with Gasteiger partial charge in [-0.1, -0.05) is 38.5 Å². The average Bonchev–Trinajstić information content (AvgIpc) is 2.59. The van der Waals surface area contributed by atoms with Gasteiger partial charge in [0.15, 0.2) is 0 Å². The fourth-order valence-electron chi connectivity index (χ4n) is 2.88. The van der Waals surface area contributed by atoms with Crippen molar-refractivity contribution in [2.24, 2.45) is 0 Å². The van der Waals surface area contributed by atoms with Crippen LogP contribution in [0.4, 0.5) is 0 Å². The summed E-state index contributed by atoms with van der Waals surface area (Å²) in [7, 11) is 0.